The third-order valence-corrected chi connectivity index (χ3v) is 5.43. The predicted octanol–water partition coefficient (Wildman–Crippen LogP) is 4.06. The standard InChI is InChI=1S/C24H29NO3/c1-18(2)13-23(24(27)28-17-19-9-5-3-6-10-19)25-14-21(16-26)22(15-25)20-11-7-4-8-12-20/h3-12,16,18,21-23H,13-15,17H2,1-2H3/t21-,22-,23-/m1/s1. The fourth-order valence-corrected chi connectivity index (χ4v) is 3.97. The van der Waals surface area contributed by atoms with Crippen LogP contribution in [0.3, 0.4) is 0 Å². The molecule has 3 rings (SSSR count). The van der Waals surface area contributed by atoms with Gasteiger partial charge in [0.05, 0.1) is 0 Å². The Balaban J connectivity index is 1.72. The molecule has 1 fully saturated rings. The number of aldehydes is 1. The smallest absolute Gasteiger partial charge is 0.323 e. The van der Waals surface area contributed by atoms with Crippen molar-refractivity contribution in [3.63, 3.8) is 0 Å². The van der Waals surface area contributed by atoms with Crippen LogP contribution < -0.4 is 0 Å². The SMILES string of the molecule is CC(C)C[C@H](C(=O)OCc1ccccc1)N1C[C@H](c2ccccc2)[C@@H](C=O)C1. The Labute approximate surface area is 167 Å². The number of carbonyl (C=O) groups is 2. The van der Waals surface area contributed by atoms with Crippen LogP contribution in [0.2, 0.25) is 0 Å². The van der Waals surface area contributed by atoms with Gasteiger partial charge in [0.1, 0.15) is 18.9 Å². The Hall–Kier alpha value is -2.46. The minimum atomic E-state index is -0.320. The van der Waals surface area contributed by atoms with Crippen molar-refractivity contribution >= 4 is 12.3 Å². The lowest BCUT2D eigenvalue weighted by Crippen LogP contribution is -2.42. The molecular weight excluding hydrogens is 350 g/mol. The predicted molar refractivity (Wildman–Crippen MR) is 110 cm³/mol. The average Bonchev–Trinajstić information content (AvgIpc) is 3.15. The van der Waals surface area contributed by atoms with Gasteiger partial charge in [0.2, 0.25) is 0 Å². The first-order chi connectivity index (χ1) is 13.6. The van der Waals surface area contributed by atoms with E-state index in [9.17, 15) is 9.59 Å². The zero-order chi connectivity index (χ0) is 19.9. The number of hydrogen-bond acceptors (Lipinski definition) is 4. The van der Waals surface area contributed by atoms with Crippen LogP contribution in [-0.4, -0.2) is 36.3 Å². The topological polar surface area (TPSA) is 46.6 Å². The van der Waals surface area contributed by atoms with E-state index < -0.39 is 0 Å². The molecule has 0 saturated carbocycles. The highest BCUT2D eigenvalue weighted by Crippen LogP contribution is 2.34. The second-order valence-corrected chi connectivity index (χ2v) is 8.01. The number of hydrogen-bond donors (Lipinski definition) is 0. The molecule has 1 heterocycles. The number of rotatable bonds is 8. The molecule has 1 saturated heterocycles. The van der Waals surface area contributed by atoms with Crippen LogP contribution in [-0.2, 0) is 20.9 Å². The van der Waals surface area contributed by atoms with Gasteiger partial charge in [-0.1, -0.05) is 74.5 Å². The molecule has 0 aromatic heterocycles. The quantitative estimate of drug-likeness (QED) is 0.513. The normalized spacial score (nSPS) is 20.8. The molecule has 0 amide bonds. The number of benzene rings is 2. The maximum absolute atomic E-state index is 12.9. The van der Waals surface area contributed by atoms with Crippen LogP contribution in [0.15, 0.2) is 60.7 Å². The summed E-state index contributed by atoms with van der Waals surface area (Å²) in [7, 11) is 0. The van der Waals surface area contributed by atoms with Crippen molar-refractivity contribution in [2.75, 3.05) is 13.1 Å². The van der Waals surface area contributed by atoms with Crippen LogP contribution in [0.5, 0.6) is 0 Å². The van der Waals surface area contributed by atoms with Gasteiger partial charge in [-0.25, -0.2) is 0 Å². The average molecular weight is 380 g/mol. The number of likely N-dealkylation sites (tertiary alicyclic amines) is 1. The van der Waals surface area contributed by atoms with Crippen molar-refractivity contribution in [3.8, 4) is 0 Å². The lowest BCUT2D eigenvalue weighted by molar-refractivity contribution is -0.151. The van der Waals surface area contributed by atoms with Crippen LogP contribution in [0.1, 0.15) is 37.3 Å². The first-order valence-electron chi connectivity index (χ1n) is 10.0. The zero-order valence-electron chi connectivity index (χ0n) is 16.7. The second kappa shape index (κ2) is 9.65. The summed E-state index contributed by atoms with van der Waals surface area (Å²) in [6.07, 6.45) is 1.76. The monoisotopic (exact) mass is 379 g/mol. The fraction of sp³-hybridized carbons (Fsp3) is 0.417. The molecule has 0 N–H and O–H groups in total. The van der Waals surface area contributed by atoms with E-state index in [2.05, 4.69) is 30.9 Å². The molecule has 0 bridgehead atoms. The summed E-state index contributed by atoms with van der Waals surface area (Å²) < 4.78 is 5.64. The third-order valence-electron chi connectivity index (χ3n) is 5.43. The van der Waals surface area contributed by atoms with E-state index in [0.717, 1.165) is 23.8 Å². The first-order valence-corrected chi connectivity index (χ1v) is 10.0. The summed E-state index contributed by atoms with van der Waals surface area (Å²) in [5.41, 5.74) is 2.14. The molecule has 0 radical (unpaired) electrons. The van der Waals surface area contributed by atoms with E-state index >= 15 is 0 Å². The molecule has 148 valence electrons. The Bertz CT molecular complexity index is 760. The van der Waals surface area contributed by atoms with E-state index in [-0.39, 0.29) is 30.5 Å². The summed E-state index contributed by atoms with van der Waals surface area (Å²) in [6.45, 7) is 5.80. The molecule has 0 aliphatic carbocycles. The molecule has 4 heteroatoms. The minimum absolute atomic E-state index is 0.0982. The molecular formula is C24H29NO3. The van der Waals surface area contributed by atoms with Crippen molar-refractivity contribution in [2.24, 2.45) is 11.8 Å². The van der Waals surface area contributed by atoms with Crippen molar-refractivity contribution in [1.29, 1.82) is 0 Å². The van der Waals surface area contributed by atoms with E-state index in [0.29, 0.717) is 19.0 Å². The molecule has 3 atom stereocenters. The van der Waals surface area contributed by atoms with E-state index in [1.165, 1.54) is 0 Å². The van der Waals surface area contributed by atoms with Gasteiger partial charge in [-0.3, -0.25) is 9.69 Å². The van der Waals surface area contributed by atoms with Crippen LogP contribution in [0, 0.1) is 11.8 Å². The molecule has 4 nitrogen and oxygen atoms in total. The van der Waals surface area contributed by atoms with E-state index in [1.54, 1.807) is 0 Å². The van der Waals surface area contributed by atoms with E-state index in [4.69, 9.17) is 4.74 Å². The van der Waals surface area contributed by atoms with Gasteiger partial charge in [0.25, 0.3) is 0 Å². The summed E-state index contributed by atoms with van der Waals surface area (Å²) in [5, 5.41) is 0. The molecule has 2 aromatic rings. The Morgan fingerprint density at radius 3 is 2.32 bits per heavy atom. The highest BCUT2D eigenvalue weighted by molar-refractivity contribution is 5.76. The lowest BCUT2D eigenvalue weighted by Gasteiger charge is -2.27. The summed E-state index contributed by atoms with van der Waals surface area (Å²) in [6, 6.07) is 19.5. The largest absolute Gasteiger partial charge is 0.460 e. The van der Waals surface area contributed by atoms with Gasteiger partial charge >= 0.3 is 5.97 Å². The third kappa shape index (κ3) is 5.08. The van der Waals surface area contributed by atoms with Gasteiger partial charge in [0, 0.05) is 24.9 Å². The molecule has 0 unspecified atom stereocenters. The number of nitrogens with zero attached hydrogens (tertiary/aromatic N) is 1. The minimum Gasteiger partial charge on any atom is -0.460 e. The Kier molecular flexibility index (Phi) is 6.99. The van der Waals surface area contributed by atoms with E-state index in [1.807, 2.05) is 48.5 Å². The first kappa shape index (κ1) is 20.3. The van der Waals surface area contributed by atoms with Crippen molar-refractivity contribution in [2.45, 2.75) is 38.8 Å². The van der Waals surface area contributed by atoms with Gasteiger partial charge < -0.3 is 9.53 Å². The van der Waals surface area contributed by atoms with Crippen molar-refractivity contribution < 1.29 is 14.3 Å². The Morgan fingerprint density at radius 2 is 1.71 bits per heavy atom. The summed E-state index contributed by atoms with van der Waals surface area (Å²) in [4.78, 5) is 26.8. The van der Waals surface area contributed by atoms with Gasteiger partial charge in [-0.2, -0.15) is 0 Å². The number of carbonyl (C=O) groups excluding carboxylic acids is 2. The highest BCUT2D eigenvalue weighted by Gasteiger charge is 2.39. The molecule has 28 heavy (non-hydrogen) atoms. The Morgan fingerprint density at radius 1 is 1.07 bits per heavy atom. The second-order valence-electron chi connectivity index (χ2n) is 8.01. The number of ether oxygens (including phenoxy) is 1. The van der Waals surface area contributed by atoms with Crippen molar-refractivity contribution in [1.82, 2.24) is 4.90 Å². The molecule has 0 spiro atoms. The van der Waals surface area contributed by atoms with Gasteiger partial charge in [0.15, 0.2) is 0 Å². The van der Waals surface area contributed by atoms with Crippen LogP contribution >= 0.6 is 0 Å². The summed E-state index contributed by atoms with van der Waals surface area (Å²) in [5.74, 6) is 0.185. The lowest BCUT2D eigenvalue weighted by atomic mass is 9.90. The maximum atomic E-state index is 12.9. The van der Waals surface area contributed by atoms with Gasteiger partial charge in [-0.15, -0.1) is 0 Å². The van der Waals surface area contributed by atoms with Gasteiger partial charge in [-0.05, 0) is 23.5 Å². The zero-order valence-corrected chi connectivity index (χ0v) is 16.7. The van der Waals surface area contributed by atoms with Crippen LogP contribution in [0.25, 0.3) is 0 Å². The van der Waals surface area contributed by atoms with Crippen molar-refractivity contribution in [3.05, 3.63) is 71.8 Å². The maximum Gasteiger partial charge on any atom is 0.323 e. The number of esters is 1. The molecule has 1 aliphatic heterocycles. The summed E-state index contributed by atoms with van der Waals surface area (Å²) >= 11 is 0. The van der Waals surface area contributed by atoms with Crippen LogP contribution in [0.4, 0.5) is 0 Å². The highest BCUT2D eigenvalue weighted by atomic mass is 16.5. The molecule has 1 aliphatic rings. The molecule has 2 aromatic carbocycles. The fourth-order valence-electron chi connectivity index (χ4n) is 3.97.